The van der Waals surface area contributed by atoms with E-state index in [-0.39, 0.29) is 11.5 Å². The SMILES string of the molecule is O=C(NCCCn1ccnc1)C1=NO[C@@]2(CCCN(Cc3ccccn3)C2)C1. The van der Waals surface area contributed by atoms with Crippen LogP contribution in [0.1, 0.15) is 31.4 Å². The molecule has 148 valence electrons. The number of pyridine rings is 1. The molecule has 2 aromatic rings. The van der Waals surface area contributed by atoms with Crippen molar-refractivity contribution in [2.24, 2.45) is 5.16 Å². The standard InChI is InChI=1S/C20H26N6O2/c27-19(23-8-4-11-25-12-9-21-16-25)18-13-20(28-24-18)6-3-10-26(15-20)14-17-5-1-2-7-22-17/h1-2,5,7,9,12,16H,3-4,6,8,10-11,13-15H2,(H,23,27)/t20-/m0/s1. The highest BCUT2D eigenvalue weighted by molar-refractivity contribution is 6.39. The highest BCUT2D eigenvalue weighted by atomic mass is 16.7. The minimum Gasteiger partial charge on any atom is -0.387 e. The van der Waals surface area contributed by atoms with E-state index in [0.29, 0.717) is 18.7 Å². The zero-order valence-electron chi connectivity index (χ0n) is 16.0. The third-order valence-corrected chi connectivity index (χ3v) is 5.27. The molecule has 1 saturated heterocycles. The van der Waals surface area contributed by atoms with E-state index >= 15 is 0 Å². The molecular weight excluding hydrogens is 356 g/mol. The smallest absolute Gasteiger partial charge is 0.269 e. The number of likely N-dealkylation sites (tertiary alicyclic amines) is 1. The molecule has 8 nitrogen and oxygen atoms in total. The number of oxime groups is 1. The molecule has 1 atom stereocenters. The summed E-state index contributed by atoms with van der Waals surface area (Å²) in [4.78, 5) is 29.0. The van der Waals surface area contributed by atoms with E-state index in [0.717, 1.165) is 51.1 Å². The van der Waals surface area contributed by atoms with Gasteiger partial charge in [-0.05, 0) is 37.9 Å². The molecule has 0 aliphatic carbocycles. The van der Waals surface area contributed by atoms with Crippen LogP contribution in [0.5, 0.6) is 0 Å². The Morgan fingerprint density at radius 3 is 3.11 bits per heavy atom. The predicted molar refractivity (Wildman–Crippen MR) is 104 cm³/mol. The van der Waals surface area contributed by atoms with Crippen molar-refractivity contribution in [3.63, 3.8) is 0 Å². The van der Waals surface area contributed by atoms with Crippen LogP contribution in [0, 0.1) is 0 Å². The van der Waals surface area contributed by atoms with Gasteiger partial charge in [-0.25, -0.2) is 4.98 Å². The fourth-order valence-corrected chi connectivity index (χ4v) is 3.89. The minimum atomic E-state index is -0.378. The third-order valence-electron chi connectivity index (χ3n) is 5.27. The molecule has 0 radical (unpaired) electrons. The Bertz CT molecular complexity index is 807. The molecule has 0 unspecified atom stereocenters. The maximum Gasteiger partial charge on any atom is 0.269 e. The van der Waals surface area contributed by atoms with Crippen LogP contribution in [0.2, 0.25) is 0 Å². The quantitative estimate of drug-likeness (QED) is 0.735. The Morgan fingerprint density at radius 2 is 2.29 bits per heavy atom. The summed E-state index contributed by atoms with van der Waals surface area (Å²) in [5.41, 5.74) is 1.17. The molecule has 1 fully saturated rings. The van der Waals surface area contributed by atoms with Crippen molar-refractivity contribution in [1.82, 2.24) is 24.8 Å². The number of hydrogen-bond acceptors (Lipinski definition) is 6. The van der Waals surface area contributed by atoms with Crippen molar-refractivity contribution in [2.75, 3.05) is 19.6 Å². The van der Waals surface area contributed by atoms with Crippen LogP contribution in [-0.2, 0) is 22.7 Å². The second-order valence-electron chi connectivity index (χ2n) is 7.53. The summed E-state index contributed by atoms with van der Waals surface area (Å²) in [6.07, 6.45) is 10.6. The number of hydrogen-bond donors (Lipinski definition) is 1. The second-order valence-corrected chi connectivity index (χ2v) is 7.53. The summed E-state index contributed by atoms with van der Waals surface area (Å²) in [6, 6.07) is 5.97. The van der Waals surface area contributed by atoms with Gasteiger partial charge in [-0.2, -0.15) is 0 Å². The van der Waals surface area contributed by atoms with Crippen molar-refractivity contribution in [3.05, 3.63) is 48.8 Å². The Morgan fingerprint density at radius 1 is 1.32 bits per heavy atom. The van der Waals surface area contributed by atoms with E-state index in [1.54, 1.807) is 12.5 Å². The molecule has 2 aromatic heterocycles. The van der Waals surface area contributed by atoms with Gasteiger partial charge < -0.3 is 14.7 Å². The van der Waals surface area contributed by atoms with Crippen LogP contribution in [0.3, 0.4) is 0 Å². The topological polar surface area (TPSA) is 84.6 Å². The molecule has 1 spiro atoms. The zero-order valence-corrected chi connectivity index (χ0v) is 16.0. The van der Waals surface area contributed by atoms with Gasteiger partial charge in [-0.1, -0.05) is 11.2 Å². The molecule has 2 aliphatic rings. The van der Waals surface area contributed by atoms with Gasteiger partial charge in [0.25, 0.3) is 5.91 Å². The fraction of sp³-hybridized carbons (Fsp3) is 0.500. The molecule has 1 amide bonds. The third kappa shape index (κ3) is 4.56. The number of nitrogens with zero attached hydrogens (tertiary/aromatic N) is 5. The van der Waals surface area contributed by atoms with Gasteiger partial charge >= 0.3 is 0 Å². The Kier molecular flexibility index (Phi) is 5.66. The van der Waals surface area contributed by atoms with Gasteiger partial charge in [0.2, 0.25) is 0 Å². The average molecular weight is 382 g/mol. The molecule has 1 N–H and O–H groups in total. The van der Waals surface area contributed by atoms with Crippen molar-refractivity contribution >= 4 is 11.6 Å². The zero-order chi connectivity index (χ0) is 19.2. The summed E-state index contributed by atoms with van der Waals surface area (Å²) >= 11 is 0. The molecule has 28 heavy (non-hydrogen) atoms. The van der Waals surface area contributed by atoms with Gasteiger partial charge in [0.1, 0.15) is 5.71 Å². The normalized spacial score (nSPS) is 22.1. The van der Waals surface area contributed by atoms with Crippen molar-refractivity contribution in [1.29, 1.82) is 0 Å². The lowest BCUT2D eigenvalue weighted by Gasteiger charge is -2.38. The Labute approximate surface area is 164 Å². The number of carbonyl (C=O) groups excluding carboxylic acids is 1. The number of aryl methyl sites for hydroxylation is 1. The van der Waals surface area contributed by atoms with Crippen molar-refractivity contribution in [2.45, 2.75) is 44.4 Å². The maximum atomic E-state index is 12.4. The number of rotatable bonds is 7. The van der Waals surface area contributed by atoms with E-state index in [9.17, 15) is 4.79 Å². The second kappa shape index (κ2) is 8.52. The summed E-state index contributed by atoms with van der Waals surface area (Å²) in [6.45, 7) is 4.01. The van der Waals surface area contributed by atoms with E-state index in [2.05, 4.69) is 25.3 Å². The van der Waals surface area contributed by atoms with Crippen LogP contribution in [0.25, 0.3) is 0 Å². The highest BCUT2D eigenvalue weighted by Gasteiger charge is 2.44. The molecule has 0 aromatic carbocycles. The number of nitrogens with one attached hydrogen (secondary N) is 1. The Hall–Kier alpha value is -2.74. The van der Waals surface area contributed by atoms with E-state index in [1.165, 1.54) is 0 Å². The molecule has 4 heterocycles. The Balaban J connectivity index is 1.24. The molecular formula is C20H26N6O2. The summed E-state index contributed by atoms with van der Waals surface area (Å²) < 4.78 is 2.00. The first-order chi connectivity index (χ1) is 13.7. The van der Waals surface area contributed by atoms with Gasteiger partial charge in [-0.15, -0.1) is 0 Å². The van der Waals surface area contributed by atoms with Crippen molar-refractivity contribution < 1.29 is 9.63 Å². The first kappa shape index (κ1) is 18.6. The van der Waals surface area contributed by atoms with Crippen molar-refractivity contribution in [3.8, 4) is 0 Å². The summed E-state index contributed by atoms with van der Waals surface area (Å²) in [5, 5.41) is 7.08. The van der Waals surface area contributed by atoms with E-state index < -0.39 is 0 Å². The molecule has 2 aliphatic heterocycles. The first-order valence-corrected chi connectivity index (χ1v) is 9.84. The number of carbonyl (C=O) groups is 1. The maximum absolute atomic E-state index is 12.4. The number of piperidine rings is 1. The van der Waals surface area contributed by atoms with E-state index in [1.807, 2.05) is 35.2 Å². The van der Waals surface area contributed by atoms with Crippen LogP contribution in [0.15, 0.2) is 48.3 Å². The number of aromatic nitrogens is 3. The molecule has 4 rings (SSSR count). The van der Waals surface area contributed by atoms with Crippen LogP contribution in [0.4, 0.5) is 0 Å². The monoisotopic (exact) mass is 382 g/mol. The fourth-order valence-electron chi connectivity index (χ4n) is 3.89. The van der Waals surface area contributed by atoms with Gasteiger partial charge in [0.05, 0.1) is 12.0 Å². The summed E-state index contributed by atoms with van der Waals surface area (Å²) in [7, 11) is 0. The molecule has 8 heteroatoms. The van der Waals surface area contributed by atoms with Crippen LogP contribution < -0.4 is 5.32 Å². The lowest BCUT2D eigenvalue weighted by molar-refractivity contribution is -0.114. The van der Waals surface area contributed by atoms with Gasteiger partial charge in [0.15, 0.2) is 5.60 Å². The highest BCUT2D eigenvalue weighted by Crippen LogP contribution is 2.33. The first-order valence-electron chi connectivity index (χ1n) is 9.84. The van der Waals surface area contributed by atoms with Gasteiger partial charge in [0, 0.05) is 51.2 Å². The largest absolute Gasteiger partial charge is 0.387 e. The number of imidazole rings is 1. The summed E-state index contributed by atoms with van der Waals surface area (Å²) in [5.74, 6) is -0.121. The van der Waals surface area contributed by atoms with E-state index in [4.69, 9.17) is 4.84 Å². The van der Waals surface area contributed by atoms with Crippen LogP contribution in [-0.4, -0.2) is 56.3 Å². The molecule has 0 bridgehead atoms. The minimum absolute atomic E-state index is 0.121. The lowest BCUT2D eigenvalue weighted by Crippen LogP contribution is -2.48. The van der Waals surface area contributed by atoms with Gasteiger partial charge in [-0.3, -0.25) is 14.7 Å². The lowest BCUT2D eigenvalue weighted by atomic mass is 9.88. The predicted octanol–water partition coefficient (Wildman–Crippen LogP) is 1.60. The average Bonchev–Trinajstić information content (AvgIpc) is 3.37. The number of amides is 1. The van der Waals surface area contributed by atoms with Crippen LogP contribution >= 0.6 is 0 Å². The molecule has 0 saturated carbocycles.